The molecule has 2 N–H and O–H groups in total. The minimum atomic E-state index is -0.683. The average molecular weight is 376 g/mol. The molecule has 0 saturated carbocycles. The average Bonchev–Trinajstić information content (AvgIpc) is 3.23. The lowest BCUT2D eigenvalue weighted by Gasteiger charge is -2.18. The molecule has 1 heterocycles. The van der Waals surface area contributed by atoms with Crippen molar-refractivity contribution < 1.29 is 14.0 Å². The zero-order valence-corrected chi connectivity index (χ0v) is 15.9. The van der Waals surface area contributed by atoms with Gasteiger partial charge in [0, 0.05) is 13.0 Å². The van der Waals surface area contributed by atoms with Gasteiger partial charge in [0.05, 0.1) is 6.26 Å². The first-order chi connectivity index (χ1) is 13.6. The number of nitrogens with one attached hydrogen (secondary N) is 2. The number of carbonyl (C=O) groups excluding carboxylic acids is 2. The number of furan rings is 1. The Labute approximate surface area is 164 Å². The Bertz CT molecular complexity index is 905. The molecule has 0 aliphatic heterocycles. The number of amides is 2. The molecule has 3 rings (SSSR count). The highest BCUT2D eigenvalue weighted by molar-refractivity contribution is 5.95. The number of benzene rings is 2. The van der Waals surface area contributed by atoms with E-state index >= 15 is 0 Å². The third-order valence-electron chi connectivity index (χ3n) is 4.44. The molecule has 1 unspecified atom stereocenters. The highest BCUT2D eigenvalue weighted by Crippen LogP contribution is 2.07. The number of rotatable bonds is 8. The Morgan fingerprint density at radius 2 is 1.75 bits per heavy atom. The fourth-order valence-corrected chi connectivity index (χ4v) is 3.02. The van der Waals surface area contributed by atoms with Crippen LogP contribution in [0, 0.1) is 6.92 Å². The third kappa shape index (κ3) is 5.58. The van der Waals surface area contributed by atoms with Gasteiger partial charge in [-0.25, -0.2) is 0 Å². The summed E-state index contributed by atoms with van der Waals surface area (Å²) in [6.45, 7) is 2.55. The summed E-state index contributed by atoms with van der Waals surface area (Å²) in [5, 5.41) is 5.72. The molecule has 0 bridgehead atoms. The van der Waals surface area contributed by atoms with Gasteiger partial charge < -0.3 is 15.1 Å². The van der Waals surface area contributed by atoms with Crippen LogP contribution in [0.2, 0.25) is 0 Å². The summed E-state index contributed by atoms with van der Waals surface area (Å²) in [6, 6.07) is 20.3. The van der Waals surface area contributed by atoms with Gasteiger partial charge in [-0.15, -0.1) is 0 Å². The van der Waals surface area contributed by atoms with Crippen molar-refractivity contribution in [2.45, 2.75) is 25.8 Å². The van der Waals surface area contributed by atoms with Crippen LogP contribution in [0.4, 0.5) is 0 Å². The lowest BCUT2D eigenvalue weighted by Crippen LogP contribution is -2.48. The van der Waals surface area contributed by atoms with Gasteiger partial charge in [-0.1, -0.05) is 60.2 Å². The van der Waals surface area contributed by atoms with Crippen LogP contribution in [0.5, 0.6) is 0 Å². The lowest BCUT2D eigenvalue weighted by molar-refractivity contribution is -0.122. The second-order valence-corrected chi connectivity index (χ2v) is 6.72. The van der Waals surface area contributed by atoms with Gasteiger partial charge in [0.2, 0.25) is 5.91 Å². The van der Waals surface area contributed by atoms with Crippen molar-refractivity contribution in [3.05, 3.63) is 95.4 Å². The number of aryl methyl sites for hydroxylation is 1. The molecule has 0 radical (unpaired) electrons. The normalized spacial score (nSPS) is 11.6. The minimum Gasteiger partial charge on any atom is -0.459 e. The molecule has 5 nitrogen and oxygen atoms in total. The smallest absolute Gasteiger partial charge is 0.287 e. The predicted molar refractivity (Wildman–Crippen MR) is 108 cm³/mol. The summed E-state index contributed by atoms with van der Waals surface area (Å²) in [5.41, 5.74) is 3.33. The zero-order valence-electron chi connectivity index (χ0n) is 15.9. The summed E-state index contributed by atoms with van der Waals surface area (Å²) < 4.78 is 5.13. The lowest BCUT2D eigenvalue weighted by atomic mass is 10.0. The van der Waals surface area contributed by atoms with Gasteiger partial charge in [-0.2, -0.15) is 0 Å². The van der Waals surface area contributed by atoms with Crippen LogP contribution in [-0.2, 0) is 17.6 Å². The van der Waals surface area contributed by atoms with Crippen molar-refractivity contribution in [2.24, 2.45) is 0 Å². The standard InChI is InChI=1S/C23H24N2O3/c1-17-7-5-10-19(15-17)12-13-24-22(26)20(16-18-8-3-2-4-9-18)25-23(27)21-11-6-14-28-21/h2-11,14-15,20H,12-13,16H2,1H3,(H,24,26)(H,25,27). The zero-order chi connectivity index (χ0) is 19.8. The van der Waals surface area contributed by atoms with Crippen LogP contribution >= 0.6 is 0 Å². The maximum Gasteiger partial charge on any atom is 0.287 e. The first-order valence-electron chi connectivity index (χ1n) is 9.33. The van der Waals surface area contributed by atoms with E-state index in [-0.39, 0.29) is 11.7 Å². The first kappa shape index (κ1) is 19.4. The van der Waals surface area contributed by atoms with Crippen LogP contribution in [0.1, 0.15) is 27.2 Å². The number of carbonyl (C=O) groups is 2. The van der Waals surface area contributed by atoms with Crippen molar-refractivity contribution >= 4 is 11.8 Å². The molecule has 1 aromatic heterocycles. The van der Waals surface area contributed by atoms with Crippen molar-refractivity contribution in [1.82, 2.24) is 10.6 Å². The second-order valence-electron chi connectivity index (χ2n) is 6.72. The van der Waals surface area contributed by atoms with Crippen molar-refractivity contribution in [3.63, 3.8) is 0 Å². The summed E-state index contributed by atoms with van der Waals surface area (Å²) in [5.74, 6) is -0.429. The Morgan fingerprint density at radius 3 is 2.46 bits per heavy atom. The summed E-state index contributed by atoms with van der Waals surface area (Å²) in [4.78, 5) is 25.1. The van der Waals surface area contributed by atoms with Crippen LogP contribution < -0.4 is 10.6 Å². The highest BCUT2D eigenvalue weighted by Gasteiger charge is 2.22. The van der Waals surface area contributed by atoms with Crippen molar-refractivity contribution in [1.29, 1.82) is 0 Å². The summed E-state index contributed by atoms with van der Waals surface area (Å²) in [6.07, 6.45) is 2.57. The molecule has 28 heavy (non-hydrogen) atoms. The predicted octanol–water partition coefficient (Wildman–Crippen LogP) is 3.29. The maximum absolute atomic E-state index is 12.8. The van der Waals surface area contributed by atoms with Gasteiger partial charge in [-0.05, 0) is 36.6 Å². The van der Waals surface area contributed by atoms with E-state index in [0.29, 0.717) is 13.0 Å². The van der Waals surface area contributed by atoms with Gasteiger partial charge in [0.25, 0.3) is 5.91 Å². The first-order valence-corrected chi connectivity index (χ1v) is 9.33. The van der Waals surface area contributed by atoms with Crippen LogP contribution in [0.25, 0.3) is 0 Å². The van der Waals surface area contributed by atoms with Gasteiger partial charge in [0.15, 0.2) is 5.76 Å². The molecule has 144 valence electrons. The minimum absolute atomic E-state index is 0.186. The molecule has 2 aromatic carbocycles. The molecular formula is C23H24N2O3. The summed E-state index contributed by atoms with van der Waals surface area (Å²) >= 11 is 0. The number of hydrogen-bond acceptors (Lipinski definition) is 3. The fourth-order valence-electron chi connectivity index (χ4n) is 3.02. The molecule has 3 aromatic rings. The molecule has 0 aliphatic carbocycles. The SMILES string of the molecule is Cc1cccc(CCNC(=O)C(Cc2ccccc2)NC(=O)c2ccco2)c1. The Morgan fingerprint density at radius 1 is 0.964 bits per heavy atom. The van der Waals surface area contributed by atoms with E-state index in [4.69, 9.17) is 4.42 Å². The molecule has 0 spiro atoms. The molecule has 5 heteroatoms. The second kappa shape index (κ2) is 9.55. The van der Waals surface area contributed by atoms with E-state index in [1.165, 1.54) is 17.4 Å². The van der Waals surface area contributed by atoms with Crippen molar-refractivity contribution in [2.75, 3.05) is 6.54 Å². The number of hydrogen-bond donors (Lipinski definition) is 2. The van der Waals surface area contributed by atoms with E-state index in [9.17, 15) is 9.59 Å². The maximum atomic E-state index is 12.8. The van der Waals surface area contributed by atoms with Crippen molar-refractivity contribution in [3.8, 4) is 0 Å². The van der Waals surface area contributed by atoms with Crippen LogP contribution in [0.15, 0.2) is 77.4 Å². The molecule has 0 fully saturated rings. The Kier molecular flexibility index (Phi) is 6.63. The van der Waals surface area contributed by atoms with Gasteiger partial charge in [0.1, 0.15) is 6.04 Å². The Hall–Kier alpha value is -3.34. The third-order valence-corrected chi connectivity index (χ3v) is 4.44. The molecule has 1 atom stereocenters. The van der Waals surface area contributed by atoms with Gasteiger partial charge >= 0.3 is 0 Å². The molecule has 0 saturated heterocycles. The summed E-state index contributed by atoms with van der Waals surface area (Å²) in [7, 11) is 0. The molecule has 2 amide bonds. The van der Waals surface area contributed by atoms with Gasteiger partial charge in [-0.3, -0.25) is 9.59 Å². The van der Waals surface area contributed by atoms with E-state index in [2.05, 4.69) is 16.7 Å². The van der Waals surface area contributed by atoms with E-state index < -0.39 is 11.9 Å². The largest absolute Gasteiger partial charge is 0.459 e. The van der Waals surface area contributed by atoms with Crippen LogP contribution in [-0.4, -0.2) is 24.4 Å². The van der Waals surface area contributed by atoms with E-state index in [1.54, 1.807) is 12.1 Å². The van der Waals surface area contributed by atoms with E-state index in [0.717, 1.165) is 12.0 Å². The Balaban J connectivity index is 1.62. The fraction of sp³-hybridized carbons (Fsp3) is 0.217. The topological polar surface area (TPSA) is 71.3 Å². The van der Waals surface area contributed by atoms with Crippen LogP contribution in [0.3, 0.4) is 0 Å². The highest BCUT2D eigenvalue weighted by atomic mass is 16.3. The molecular weight excluding hydrogens is 352 g/mol. The quantitative estimate of drug-likeness (QED) is 0.634. The molecule has 0 aliphatic rings. The van der Waals surface area contributed by atoms with E-state index in [1.807, 2.05) is 55.5 Å². The monoisotopic (exact) mass is 376 g/mol.